The molecule has 0 saturated carbocycles. The van der Waals surface area contributed by atoms with Crippen LogP contribution in [0.15, 0.2) is 0 Å². The van der Waals surface area contributed by atoms with E-state index in [0.29, 0.717) is 19.6 Å². The lowest BCUT2D eigenvalue weighted by atomic mass is 10.1. The normalized spacial score (nSPS) is 23.7. The Labute approximate surface area is 82.5 Å². The average Bonchev–Trinajstić information content (AvgIpc) is 2.17. The predicted molar refractivity (Wildman–Crippen MR) is 49.3 cm³/mol. The van der Waals surface area contributed by atoms with E-state index >= 15 is 0 Å². The number of nitrogens with one attached hydrogen (secondary N) is 1. The van der Waals surface area contributed by atoms with E-state index in [-0.39, 0.29) is 6.04 Å². The second-order valence-electron chi connectivity index (χ2n) is 3.61. The Morgan fingerprint density at radius 1 is 1.64 bits per heavy atom. The third-order valence-corrected chi connectivity index (χ3v) is 2.52. The molecule has 5 heteroatoms. The third-order valence-electron chi connectivity index (χ3n) is 2.52. The smallest absolute Gasteiger partial charge is 0.324 e. The van der Waals surface area contributed by atoms with E-state index in [0.717, 1.165) is 0 Å². The zero-order valence-corrected chi connectivity index (χ0v) is 8.52. The topological polar surface area (TPSA) is 32.3 Å². The van der Waals surface area contributed by atoms with Crippen molar-refractivity contribution >= 4 is 5.91 Å². The summed E-state index contributed by atoms with van der Waals surface area (Å²) in [7, 11) is 0. The minimum Gasteiger partial charge on any atom is -0.332 e. The molecule has 1 aliphatic rings. The summed E-state index contributed by atoms with van der Waals surface area (Å²) in [5.74, 6) is -4.24. The summed E-state index contributed by atoms with van der Waals surface area (Å²) < 4.78 is 26.2. The second kappa shape index (κ2) is 4.21. The van der Waals surface area contributed by atoms with E-state index in [9.17, 15) is 13.6 Å². The van der Waals surface area contributed by atoms with Crippen LogP contribution in [0, 0.1) is 0 Å². The minimum atomic E-state index is -3.20. The maximum atomic E-state index is 13.1. The van der Waals surface area contributed by atoms with Crippen LogP contribution in [0.5, 0.6) is 0 Å². The van der Waals surface area contributed by atoms with Crippen molar-refractivity contribution < 1.29 is 13.6 Å². The van der Waals surface area contributed by atoms with E-state index in [2.05, 4.69) is 5.32 Å². The first-order chi connectivity index (χ1) is 6.49. The van der Waals surface area contributed by atoms with E-state index in [1.165, 1.54) is 11.8 Å². The van der Waals surface area contributed by atoms with E-state index < -0.39 is 18.3 Å². The maximum absolute atomic E-state index is 13.1. The van der Waals surface area contributed by atoms with Gasteiger partial charge in [0.1, 0.15) is 0 Å². The molecule has 1 N–H and O–H groups in total. The van der Waals surface area contributed by atoms with Crippen molar-refractivity contribution in [1.82, 2.24) is 10.2 Å². The number of rotatable bonds is 2. The Morgan fingerprint density at radius 3 is 2.79 bits per heavy atom. The van der Waals surface area contributed by atoms with E-state index in [4.69, 9.17) is 0 Å². The standard InChI is InChI=1S/C9H16F2N2O/c1-3-9(10,11)8(14)13-5-4-12-6-7(13)2/h7,12H,3-6H2,1-2H3. The Hall–Kier alpha value is -0.710. The summed E-state index contributed by atoms with van der Waals surface area (Å²) in [6.45, 7) is 4.65. The van der Waals surface area contributed by atoms with Crippen LogP contribution in [0.25, 0.3) is 0 Å². The molecule has 1 unspecified atom stereocenters. The number of nitrogens with zero attached hydrogens (tertiary/aromatic N) is 1. The number of alkyl halides is 2. The van der Waals surface area contributed by atoms with Crippen molar-refractivity contribution in [1.29, 1.82) is 0 Å². The molecule has 3 nitrogen and oxygen atoms in total. The fourth-order valence-corrected chi connectivity index (χ4v) is 1.50. The van der Waals surface area contributed by atoms with Crippen molar-refractivity contribution in [2.75, 3.05) is 19.6 Å². The van der Waals surface area contributed by atoms with Crippen LogP contribution in [0.2, 0.25) is 0 Å². The van der Waals surface area contributed by atoms with Crippen molar-refractivity contribution in [3.63, 3.8) is 0 Å². The molecule has 0 aromatic heterocycles. The van der Waals surface area contributed by atoms with Gasteiger partial charge in [-0.3, -0.25) is 4.79 Å². The quantitative estimate of drug-likeness (QED) is 0.726. The first kappa shape index (κ1) is 11.4. The summed E-state index contributed by atoms with van der Waals surface area (Å²) in [6.07, 6.45) is -0.428. The van der Waals surface area contributed by atoms with Gasteiger partial charge < -0.3 is 10.2 Å². The summed E-state index contributed by atoms with van der Waals surface area (Å²) >= 11 is 0. The van der Waals surface area contributed by atoms with Crippen molar-refractivity contribution in [2.24, 2.45) is 0 Å². The molecule has 1 fully saturated rings. The van der Waals surface area contributed by atoms with Crippen LogP contribution in [-0.4, -0.2) is 42.4 Å². The predicted octanol–water partition coefficient (Wildman–Crippen LogP) is 0.852. The van der Waals surface area contributed by atoms with Gasteiger partial charge in [0.25, 0.3) is 5.91 Å². The van der Waals surface area contributed by atoms with Gasteiger partial charge >= 0.3 is 5.92 Å². The third kappa shape index (κ3) is 2.20. The highest BCUT2D eigenvalue weighted by Crippen LogP contribution is 2.22. The molecule has 82 valence electrons. The number of carbonyl (C=O) groups is 1. The summed E-state index contributed by atoms with van der Waals surface area (Å²) in [6, 6.07) is -0.145. The van der Waals surface area contributed by atoms with Crippen molar-refractivity contribution in [3.05, 3.63) is 0 Å². The van der Waals surface area contributed by atoms with E-state index in [1.54, 1.807) is 6.92 Å². The van der Waals surface area contributed by atoms with Crippen LogP contribution in [0.1, 0.15) is 20.3 Å². The lowest BCUT2D eigenvalue weighted by Crippen LogP contribution is -2.56. The number of carbonyl (C=O) groups excluding carboxylic acids is 1. The lowest BCUT2D eigenvalue weighted by molar-refractivity contribution is -0.160. The van der Waals surface area contributed by atoms with Gasteiger partial charge in [0.15, 0.2) is 0 Å². The number of hydrogen-bond acceptors (Lipinski definition) is 2. The largest absolute Gasteiger partial charge is 0.332 e. The molecule has 1 atom stereocenters. The van der Waals surface area contributed by atoms with Crippen molar-refractivity contribution in [3.8, 4) is 0 Å². The maximum Gasteiger partial charge on any atom is 0.324 e. The Morgan fingerprint density at radius 2 is 2.29 bits per heavy atom. The van der Waals surface area contributed by atoms with Gasteiger partial charge in [-0.1, -0.05) is 6.92 Å². The fraction of sp³-hybridized carbons (Fsp3) is 0.889. The molecule has 14 heavy (non-hydrogen) atoms. The highest BCUT2D eigenvalue weighted by molar-refractivity contribution is 5.83. The Balaban J connectivity index is 2.67. The van der Waals surface area contributed by atoms with Crippen LogP contribution in [-0.2, 0) is 4.79 Å². The van der Waals surface area contributed by atoms with Crippen LogP contribution in [0.3, 0.4) is 0 Å². The average molecular weight is 206 g/mol. The van der Waals surface area contributed by atoms with Gasteiger partial charge in [-0.15, -0.1) is 0 Å². The lowest BCUT2D eigenvalue weighted by Gasteiger charge is -2.35. The highest BCUT2D eigenvalue weighted by atomic mass is 19.3. The molecule has 0 bridgehead atoms. The molecule has 1 aliphatic heterocycles. The molecule has 1 amide bonds. The first-order valence-electron chi connectivity index (χ1n) is 4.88. The molecule has 0 aromatic rings. The molecule has 0 spiro atoms. The van der Waals surface area contributed by atoms with Gasteiger partial charge in [-0.05, 0) is 6.92 Å². The zero-order chi connectivity index (χ0) is 10.8. The number of piperazine rings is 1. The van der Waals surface area contributed by atoms with Gasteiger partial charge in [0, 0.05) is 32.1 Å². The van der Waals surface area contributed by atoms with Gasteiger partial charge in [-0.25, -0.2) is 0 Å². The molecule has 0 aromatic carbocycles. The number of amides is 1. The van der Waals surface area contributed by atoms with Gasteiger partial charge in [0.2, 0.25) is 0 Å². The number of hydrogen-bond donors (Lipinski definition) is 1. The molecule has 0 radical (unpaired) electrons. The first-order valence-corrected chi connectivity index (χ1v) is 4.88. The number of halogens is 2. The fourth-order valence-electron chi connectivity index (χ4n) is 1.50. The second-order valence-corrected chi connectivity index (χ2v) is 3.61. The SMILES string of the molecule is CCC(F)(F)C(=O)N1CCNCC1C. The zero-order valence-electron chi connectivity index (χ0n) is 8.52. The molecule has 1 saturated heterocycles. The molecular formula is C9H16F2N2O. The molecule has 1 rings (SSSR count). The monoisotopic (exact) mass is 206 g/mol. The summed E-state index contributed by atoms with van der Waals surface area (Å²) in [4.78, 5) is 12.7. The van der Waals surface area contributed by atoms with Gasteiger partial charge in [-0.2, -0.15) is 8.78 Å². The van der Waals surface area contributed by atoms with Crippen molar-refractivity contribution in [2.45, 2.75) is 32.2 Å². The van der Waals surface area contributed by atoms with Crippen LogP contribution < -0.4 is 5.32 Å². The Kier molecular flexibility index (Phi) is 3.42. The molecule has 0 aliphatic carbocycles. The minimum absolute atomic E-state index is 0.145. The van der Waals surface area contributed by atoms with Gasteiger partial charge in [0.05, 0.1) is 0 Å². The van der Waals surface area contributed by atoms with Crippen LogP contribution >= 0.6 is 0 Å². The Bertz CT molecular complexity index is 221. The molecule has 1 heterocycles. The summed E-state index contributed by atoms with van der Waals surface area (Å²) in [5.41, 5.74) is 0. The summed E-state index contributed by atoms with van der Waals surface area (Å²) in [5, 5.41) is 3.05. The molecular weight excluding hydrogens is 190 g/mol. The highest BCUT2D eigenvalue weighted by Gasteiger charge is 2.41. The van der Waals surface area contributed by atoms with E-state index in [1.807, 2.05) is 0 Å². The van der Waals surface area contributed by atoms with Crippen LogP contribution in [0.4, 0.5) is 8.78 Å².